The van der Waals surface area contributed by atoms with Gasteiger partial charge in [-0.15, -0.1) is 0 Å². The Bertz CT molecular complexity index is 1350. The van der Waals surface area contributed by atoms with E-state index in [1.807, 2.05) is 76.2 Å². The number of hydrogen-bond donors (Lipinski definition) is 2. The van der Waals surface area contributed by atoms with Gasteiger partial charge in [0.2, 0.25) is 11.8 Å². The number of rotatable bonds is 11. The first-order valence-electron chi connectivity index (χ1n) is 16.3. The quantitative estimate of drug-likeness (QED) is 0.279. The first-order chi connectivity index (χ1) is 21.3. The van der Waals surface area contributed by atoms with Crippen LogP contribution in [0, 0.1) is 19.8 Å². The summed E-state index contributed by atoms with van der Waals surface area (Å²) < 4.78 is 11.2. The van der Waals surface area contributed by atoms with Crippen molar-refractivity contribution >= 4 is 23.9 Å². The van der Waals surface area contributed by atoms with Gasteiger partial charge in [0, 0.05) is 12.5 Å². The van der Waals surface area contributed by atoms with Crippen LogP contribution in [0.25, 0.3) is 0 Å². The number of aryl methyl sites for hydroxylation is 2. The highest BCUT2D eigenvalue weighted by Gasteiger charge is 2.44. The number of hydrogen-bond acceptors (Lipinski definition) is 6. The summed E-state index contributed by atoms with van der Waals surface area (Å²) in [4.78, 5) is 57.2. The maximum Gasteiger partial charge on any atom is 0.408 e. The van der Waals surface area contributed by atoms with Crippen LogP contribution >= 0.6 is 0 Å². The van der Waals surface area contributed by atoms with E-state index >= 15 is 0 Å². The Kier molecular flexibility index (Phi) is 12.0. The van der Waals surface area contributed by atoms with Crippen LogP contribution in [0.3, 0.4) is 0 Å². The zero-order valence-corrected chi connectivity index (χ0v) is 29.2. The molecule has 0 aromatic heterocycles. The molecule has 0 saturated heterocycles. The van der Waals surface area contributed by atoms with Gasteiger partial charge in [-0.2, -0.15) is 0 Å². The molecule has 9 nitrogen and oxygen atoms in total. The van der Waals surface area contributed by atoms with E-state index in [4.69, 9.17) is 9.47 Å². The molecule has 0 bridgehead atoms. The monoisotopic (exact) mass is 635 g/mol. The van der Waals surface area contributed by atoms with Crippen LogP contribution in [0.1, 0.15) is 103 Å². The predicted molar refractivity (Wildman–Crippen MR) is 179 cm³/mol. The molecule has 3 atom stereocenters. The zero-order chi connectivity index (χ0) is 34.4. The number of nitrogens with one attached hydrogen (secondary N) is 2. The Morgan fingerprint density at radius 2 is 1.41 bits per heavy atom. The maximum absolute atomic E-state index is 14.6. The van der Waals surface area contributed by atoms with Crippen molar-refractivity contribution in [1.29, 1.82) is 0 Å². The van der Waals surface area contributed by atoms with Gasteiger partial charge in [0.15, 0.2) is 0 Å². The lowest BCUT2D eigenvalue weighted by Crippen LogP contribution is -2.59. The minimum absolute atomic E-state index is 0.216. The van der Waals surface area contributed by atoms with E-state index in [0.29, 0.717) is 5.56 Å². The zero-order valence-electron chi connectivity index (χ0n) is 29.2. The number of carbonyl (C=O) groups excluding carboxylic acids is 4. The lowest BCUT2D eigenvalue weighted by molar-refractivity contribution is -0.159. The maximum atomic E-state index is 14.6. The molecule has 3 amide bonds. The molecule has 46 heavy (non-hydrogen) atoms. The molecule has 1 aliphatic carbocycles. The molecule has 0 heterocycles. The standard InChI is InChI=1S/C37H53N3O6/c1-23(2)30(39-35(44)46-37(8,9)10)33(42)40(28-17-14-18-28)31(27-20-24(3)19-25(4)21-27)32(41)38-29(34(43)45-36(5,6)7)22-26-15-12-11-13-16-26/h11-13,15-16,19-21,23,28-31H,14,17-18,22H2,1-10H3,(H,38,41)(H,39,44). The number of benzene rings is 2. The van der Waals surface area contributed by atoms with Crippen LogP contribution in [0.15, 0.2) is 48.5 Å². The fourth-order valence-corrected chi connectivity index (χ4v) is 5.56. The molecule has 1 aliphatic rings. The van der Waals surface area contributed by atoms with Gasteiger partial charge in [0.25, 0.3) is 0 Å². The molecule has 0 spiro atoms. The Morgan fingerprint density at radius 1 is 0.848 bits per heavy atom. The highest BCUT2D eigenvalue weighted by Crippen LogP contribution is 2.35. The second-order valence-electron chi connectivity index (χ2n) is 14.8. The fourth-order valence-electron chi connectivity index (χ4n) is 5.56. The average molecular weight is 636 g/mol. The normalized spacial score (nSPS) is 15.6. The highest BCUT2D eigenvalue weighted by atomic mass is 16.6. The summed E-state index contributed by atoms with van der Waals surface area (Å²) in [7, 11) is 0. The largest absolute Gasteiger partial charge is 0.458 e. The van der Waals surface area contributed by atoms with Gasteiger partial charge in [-0.25, -0.2) is 9.59 Å². The van der Waals surface area contributed by atoms with Crippen LogP contribution < -0.4 is 10.6 Å². The lowest BCUT2D eigenvalue weighted by Gasteiger charge is -2.44. The molecule has 2 aromatic carbocycles. The summed E-state index contributed by atoms with van der Waals surface area (Å²) in [6.45, 7) is 18.2. The fraction of sp³-hybridized carbons (Fsp3) is 0.568. The summed E-state index contributed by atoms with van der Waals surface area (Å²) in [5.41, 5.74) is 1.85. The minimum Gasteiger partial charge on any atom is -0.458 e. The number of carbonyl (C=O) groups is 4. The molecule has 3 rings (SSSR count). The number of alkyl carbamates (subject to hydrolysis) is 1. The number of ether oxygens (including phenoxy) is 2. The summed E-state index contributed by atoms with van der Waals surface area (Å²) >= 11 is 0. The molecule has 1 fully saturated rings. The van der Waals surface area contributed by atoms with Gasteiger partial charge in [0.05, 0.1) is 0 Å². The van der Waals surface area contributed by atoms with Crippen LogP contribution in [-0.4, -0.2) is 58.1 Å². The Labute approximate surface area is 274 Å². The minimum atomic E-state index is -1.06. The van der Waals surface area contributed by atoms with E-state index in [2.05, 4.69) is 10.6 Å². The van der Waals surface area contributed by atoms with E-state index < -0.39 is 47.3 Å². The number of amides is 3. The Morgan fingerprint density at radius 3 is 1.89 bits per heavy atom. The third kappa shape index (κ3) is 10.6. The molecule has 1 saturated carbocycles. The summed E-state index contributed by atoms with van der Waals surface area (Å²) in [5.74, 6) is -1.71. The van der Waals surface area contributed by atoms with Crippen LogP contribution in [0.2, 0.25) is 0 Å². The SMILES string of the molecule is Cc1cc(C)cc(C(C(=O)NC(Cc2ccccc2)C(=O)OC(C)(C)C)N(C(=O)C(NC(=O)OC(C)(C)C)C(C)C)C2CCC2)c1. The second-order valence-corrected chi connectivity index (χ2v) is 14.8. The predicted octanol–water partition coefficient (Wildman–Crippen LogP) is 6.34. The van der Waals surface area contributed by atoms with E-state index in [0.717, 1.165) is 36.0 Å². The third-order valence-electron chi connectivity index (χ3n) is 7.70. The summed E-state index contributed by atoms with van der Waals surface area (Å²) in [5, 5.41) is 5.77. The van der Waals surface area contributed by atoms with Crippen molar-refractivity contribution in [2.24, 2.45) is 5.92 Å². The molecular formula is C37H53N3O6. The average Bonchev–Trinajstić information content (AvgIpc) is 2.87. The van der Waals surface area contributed by atoms with Crippen molar-refractivity contribution in [3.8, 4) is 0 Å². The van der Waals surface area contributed by atoms with Crippen molar-refractivity contribution in [3.63, 3.8) is 0 Å². The number of nitrogens with zero attached hydrogens (tertiary/aromatic N) is 1. The summed E-state index contributed by atoms with van der Waals surface area (Å²) in [6.07, 6.45) is 1.87. The first-order valence-corrected chi connectivity index (χ1v) is 16.3. The highest BCUT2D eigenvalue weighted by molar-refractivity contribution is 5.94. The van der Waals surface area contributed by atoms with Gasteiger partial charge in [-0.3, -0.25) is 9.59 Å². The molecule has 3 unspecified atom stereocenters. The summed E-state index contributed by atoms with van der Waals surface area (Å²) in [6, 6.07) is 12.0. The van der Waals surface area contributed by atoms with Crippen LogP contribution in [0.5, 0.6) is 0 Å². The van der Waals surface area contributed by atoms with Gasteiger partial charge in [0.1, 0.15) is 29.3 Å². The van der Waals surface area contributed by atoms with E-state index in [-0.39, 0.29) is 24.3 Å². The van der Waals surface area contributed by atoms with Gasteiger partial charge >= 0.3 is 12.1 Å². The number of esters is 1. The smallest absolute Gasteiger partial charge is 0.408 e. The van der Waals surface area contributed by atoms with Crippen molar-refractivity contribution in [2.75, 3.05) is 0 Å². The lowest BCUT2D eigenvalue weighted by atomic mass is 9.86. The molecule has 9 heteroatoms. The van der Waals surface area contributed by atoms with E-state index in [1.165, 1.54) is 0 Å². The molecule has 252 valence electrons. The van der Waals surface area contributed by atoms with Crippen molar-refractivity contribution in [2.45, 2.75) is 130 Å². The molecule has 0 aliphatic heterocycles. The van der Waals surface area contributed by atoms with Crippen LogP contribution in [-0.2, 0) is 30.3 Å². The van der Waals surface area contributed by atoms with Gasteiger partial charge in [-0.05, 0) is 91.7 Å². The van der Waals surface area contributed by atoms with Gasteiger partial charge in [-0.1, -0.05) is 73.5 Å². The van der Waals surface area contributed by atoms with E-state index in [9.17, 15) is 19.2 Å². The second kappa shape index (κ2) is 15.1. The molecule has 0 radical (unpaired) electrons. The first kappa shape index (κ1) is 36.6. The third-order valence-corrected chi connectivity index (χ3v) is 7.70. The van der Waals surface area contributed by atoms with Crippen molar-refractivity contribution < 1.29 is 28.7 Å². The molecule has 2 N–H and O–H groups in total. The van der Waals surface area contributed by atoms with Crippen molar-refractivity contribution in [3.05, 3.63) is 70.8 Å². The molecule has 2 aromatic rings. The topological polar surface area (TPSA) is 114 Å². The Hall–Kier alpha value is -3.88. The van der Waals surface area contributed by atoms with Gasteiger partial charge < -0.3 is 25.0 Å². The van der Waals surface area contributed by atoms with E-state index in [1.54, 1.807) is 46.4 Å². The Balaban J connectivity index is 2.09. The van der Waals surface area contributed by atoms with Crippen molar-refractivity contribution in [1.82, 2.24) is 15.5 Å². The molecular weight excluding hydrogens is 582 g/mol. The van der Waals surface area contributed by atoms with Crippen LogP contribution in [0.4, 0.5) is 4.79 Å².